The molecule has 1 rings (SSSR count). The summed E-state index contributed by atoms with van der Waals surface area (Å²) in [6.07, 6.45) is 1.50. The Bertz CT molecular complexity index is 349. The lowest BCUT2D eigenvalue weighted by Crippen LogP contribution is -2.19. The minimum atomic E-state index is -1.18. The third kappa shape index (κ3) is 3.62. The smallest absolute Gasteiger partial charge is 0.377 e. The zero-order chi connectivity index (χ0) is 12.1. The van der Waals surface area contributed by atoms with Gasteiger partial charge in [0.25, 0.3) is 5.82 Å². The number of rotatable bonds is 6. The second-order valence-electron chi connectivity index (χ2n) is 4.25. The van der Waals surface area contributed by atoms with Crippen LogP contribution in [0.1, 0.15) is 36.8 Å². The highest BCUT2D eigenvalue weighted by molar-refractivity contribution is 5.82. The molecule has 90 valence electrons. The fraction of sp³-hybridized carbons (Fsp3) is 0.700. The second kappa shape index (κ2) is 5.60. The average molecular weight is 227 g/mol. The maximum absolute atomic E-state index is 10.5. The Labute approximate surface area is 93.8 Å². The molecule has 0 saturated carbocycles. The van der Waals surface area contributed by atoms with Crippen LogP contribution in [0.3, 0.4) is 0 Å². The van der Waals surface area contributed by atoms with Gasteiger partial charge in [-0.3, -0.25) is 0 Å². The number of nitrogens with zero attached hydrogens (tertiary/aromatic N) is 2. The topological polar surface area (TPSA) is 102 Å². The SMILES string of the molecule is CC(C)C[C@H](CN)Cc1nc(C(=O)O)no1. The number of carboxylic acid groups (broad SMARTS) is 1. The molecule has 1 atom stereocenters. The Balaban J connectivity index is 2.59. The summed E-state index contributed by atoms with van der Waals surface area (Å²) in [6.45, 7) is 4.75. The summed E-state index contributed by atoms with van der Waals surface area (Å²) in [4.78, 5) is 14.3. The lowest BCUT2D eigenvalue weighted by Gasteiger charge is -2.14. The van der Waals surface area contributed by atoms with Gasteiger partial charge in [0.15, 0.2) is 0 Å². The summed E-state index contributed by atoms with van der Waals surface area (Å²) >= 11 is 0. The quantitative estimate of drug-likeness (QED) is 0.749. The lowest BCUT2D eigenvalue weighted by molar-refractivity contribution is 0.0680. The average Bonchev–Trinajstić information content (AvgIpc) is 2.64. The molecule has 0 unspecified atom stereocenters. The highest BCUT2D eigenvalue weighted by Crippen LogP contribution is 2.15. The molecule has 0 radical (unpaired) electrons. The summed E-state index contributed by atoms with van der Waals surface area (Å²) in [7, 11) is 0. The van der Waals surface area contributed by atoms with Crippen molar-refractivity contribution < 1.29 is 14.4 Å². The first kappa shape index (κ1) is 12.6. The minimum absolute atomic E-state index is 0.252. The highest BCUT2D eigenvalue weighted by Gasteiger charge is 2.17. The first-order chi connectivity index (χ1) is 7.52. The Morgan fingerprint density at radius 1 is 1.56 bits per heavy atom. The first-order valence-electron chi connectivity index (χ1n) is 5.28. The van der Waals surface area contributed by atoms with Gasteiger partial charge in [-0.15, -0.1) is 0 Å². The molecule has 1 aromatic rings. The molecule has 0 aromatic carbocycles. The van der Waals surface area contributed by atoms with Gasteiger partial charge < -0.3 is 15.4 Å². The van der Waals surface area contributed by atoms with Crippen LogP contribution < -0.4 is 5.73 Å². The van der Waals surface area contributed by atoms with E-state index < -0.39 is 5.97 Å². The van der Waals surface area contributed by atoms with Gasteiger partial charge in [0.05, 0.1) is 0 Å². The van der Waals surface area contributed by atoms with Crippen LogP contribution in [0.2, 0.25) is 0 Å². The van der Waals surface area contributed by atoms with E-state index in [-0.39, 0.29) is 11.7 Å². The van der Waals surface area contributed by atoms with E-state index in [1.54, 1.807) is 0 Å². The van der Waals surface area contributed by atoms with E-state index in [0.717, 1.165) is 6.42 Å². The van der Waals surface area contributed by atoms with Crippen molar-refractivity contribution in [2.75, 3.05) is 6.54 Å². The lowest BCUT2D eigenvalue weighted by atomic mass is 9.94. The van der Waals surface area contributed by atoms with Crippen LogP contribution in [0.4, 0.5) is 0 Å². The van der Waals surface area contributed by atoms with E-state index in [4.69, 9.17) is 15.4 Å². The molecule has 1 heterocycles. The first-order valence-corrected chi connectivity index (χ1v) is 5.28. The van der Waals surface area contributed by atoms with Crippen LogP contribution in [0, 0.1) is 11.8 Å². The standard InChI is InChI=1S/C10H17N3O3/c1-6(2)3-7(5-11)4-8-12-9(10(14)15)13-16-8/h6-7H,3-5,11H2,1-2H3,(H,14,15)/t7-/m0/s1. The van der Waals surface area contributed by atoms with E-state index >= 15 is 0 Å². The van der Waals surface area contributed by atoms with Crippen molar-refractivity contribution in [3.63, 3.8) is 0 Å². The van der Waals surface area contributed by atoms with Crippen molar-refractivity contribution >= 4 is 5.97 Å². The van der Waals surface area contributed by atoms with E-state index in [0.29, 0.717) is 24.8 Å². The molecule has 0 aliphatic heterocycles. The zero-order valence-electron chi connectivity index (χ0n) is 9.51. The van der Waals surface area contributed by atoms with Crippen LogP contribution in [0.5, 0.6) is 0 Å². The normalized spacial score (nSPS) is 13.0. The van der Waals surface area contributed by atoms with Crippen LogP contribution in [0.25, 0.3) is 0 Å². The largest absolute Gasteiger partial charge is 0.475 e. The van der Waals surface area contributed by atoms with Crippen molar-refractivity contribution in [2.45, 2.75) is 26.7 Å². The summed E-state index contributed by atoms with van der Waals surface area (Å²) < 4.78 is 4.84. The maximum Gasteiger partial charge on any atom is 0.377 e. The van der Waals surface area contributed by atoms with Gasteiger partial charge in [-0.1, -0.05) is 13.8 Å². The predicted octanol–water partition coefficient (Wildman–Crippen LogP) is 0.931. The number of carbonyl (C=O) groups is 1. The van der Waals surface area contributed by atoms with E-state index in [1.807, 2.05) is 0 Å². The van der Waals surface area contributed by atoms with Gasteiger partial charge in [-0.2, -0.15) is 4.98 Å². The number of hydrogen-bond donors (Lipinski definition) is 2. The second-order valence-corrected chi connectivity index (χ2v) is 4.25. The van der Waals surface area contributed by atoms with Crippen molar-refractivity contribution in [2.24, 2.45) is 17.6 Å². The Kier molecular flexibility index (Phi) is 4.42. The van der Waals surface area contributed by atoms with Gasteiger partial charge in [0.1, 0.15) is 0 Å². The molecule has 0 aliphatic carbocycles. The molecule has 0 fully saturated rings. The number of aromatic nitrogens is 2. The van der Waals surface area contributed by atoms with Crippen molar-refractivity contribution in [3.05, 3.63) is 11.7 Å². The molecule has 3 N–H and O–H groups in total. The van der Waals surface area contributed by atoms with E-state index in [1.165, 1.54) is 0 Å². The van der Waals surface area contributed by atoms with Crippen LogP contribution in [-0.2, 0) is 6.42 Å². The molecule has 0 amide bonds. The molecule has 0 saturated heterocycles. The van der Waals surface area contributed by atoms with Crippen LogP contribution in [-0.4, -0.2) is 27.8 Å². The molecular formula is C10H17N3O3. The van der Waals surface area contributed by atoms with Gasteiger partial charge >= 0.3 is 5.97 Å². The monoisotopic (exact) mass is 227 g/mol. The Morgan fingerprint density at radius 3 is 2.69 bits per heavy atom. The summed E-state index contributed by atoms with van der Waals surface area (Å²) in [6, 6.07) is 0. The summed E-state index contributed by atoms with van der Waals surface area (Å²) in [5.41, 5.74) is 5.63. The molecule has 1 aromatic heterocycles. The van der Waals surface area contributed by atoms with Gasteiger partial charge in [-0.05, 0) is 30.0 Å². The van der Waals surface area contributed by atoms with Gasteiger partial charge in [0.2, 0.25) is 5.89 Å². The third-order valence-electron chi connectivity index (χ3n) is 2.26. The maximum atomic E-state index is 10.5. The zero-order valence-corrected chi connectivity index (χ0v) is 9.51. The van der Waals surface area contributed by atoms with Crippen LogP contribution in [0.15, 0.2) is 4.52 Å². The number of hydrogen-bond acceptors (Lipinski definition) is 5. The molecule has 6 heteroatoms. The summed E-state index contributed by atoms with van der Waals surface area (Å²) in [5.74, 6) is -0.343. The van der Waals surface area contributed by atoms with Crippen molar-refractivity contribution in [3.8, 4) is 0 Å². The highest BCUT2D eigenvalue weighted by atomic mass is 16.5. The van der Waals surface area contributed by atoms with E-state index in [2.05, 4.69) is 24.0 Å². The molecule has 0 spiro atoms. The third-order valence-corrected chi connectivity index (χ3v) is 2.26. The summed E-state index contributed by atoms with van der Waals surface area (Å²) in [5, 5.41) is 12.0. The minimum Gasteiger partial charge on any atom is -0.475 e. The Morgan fingerprint density at radius 2 is 2.25 bits per heavy atom. The van der Waals surface area contributed by atoms with Gasteiger partial charge in [-0.25, -0.2) is 4.79 Å². The fourth-order valence-corrected chi connectivity index (χ4v) is 1.60. The molecule has 16 heavy (non-hydrogen) atoms. The molecule has 6 nitrogen and oxygen atoms in total. The molecule has 0 aliphatic rings. The molecular weight excluding hydrogens is 210 g/mol. The van der Waals surface area contributed by atoms with E-state index in [9.17, 15) is 4.79 Å². The number of nitrogens with two attached hydrogens (primary N) is 1. The van der Waals surface area contributed by atoms with Crippen molar-refractivity contribution in [1.82, 2.24) is 10.1 Å². The number of carboxylic acids is 1. The fourth-order valence-electron chi connectivity index (χ4n) is 1.60. The van der Waals surface area contributed by atoms with Crippen LogP contribution >= 0.6 is 0 Å². The van der Waals surface area contributed by atoms with Crippen molar-refractivity contribution in [1.29, 1.82) is 0 Å². The Hall–Kier alpha value is -1.43. The van der Waals surface area contributed by atoms with Gasteiger partial charge in [0, 0.05) is 6.42 Å². The predicted molar refractivity (Wildman–Crippen MR) is 57.0 cm³/mol. The molecule has 0 bridgehead atoms. The number of aromatic carboxylic acids is 1.